The van der Waals surface area contributed by atoms with Crippen LogP contribution in [0.5, 0.6) is 0 Å². The summed E-state index contributed by atoms with van der Waals surface area (Å²) in [6.45, 7) is 11.8. The molecule has 0 heterocycles. The lowest BCUT2D eigenvalue weighted by molar-refractivity contribution is 0.347. The first-order chi connectivity index (χ1) is 8.60. The third kappa shape index (κ3) is 11.1. The Morgan fingerprint density at radius 3 is 1.67 bits per heavy atom. The first kappa shape index (κ1) is 18.0. The molecule has 0 heteroatoms. The van der Waals surface area contributed by atoms with Crippen LogP contribution in [0.25, 0.3) is 0 Å². The molecule has 0 saturated heterocycles. The fourth-order valence-corrected chi connectivity index (χ4v) is 2.88. The molecule has 0 aliphatic heterocycles. The zero-order valence-electron chi connectivity index (χ0n) is 13.8. The molecule has 0 fully saturated rings. The molecule has 0 nitrogen and oxygen atoms in total. The van der Waals surface area contributed by atoms with Crippen molar-refractivity contribution >= 4 is 0 Å². The standard InChI is InChI=1S/C18H38/c1-6-18(7-2)15-17(5)14-12-10-8-9-11-13-16(3)4/h16-18H,6-15H2,1-5H3. The van der Waals surface area contributed by atoms with Gasteiger partial charge in [-0.1, -0.05) is 92.4 Å². The Hall–Kier alpha value is 0. The highest BCUT2D eigenvalue weighted by Crippen LogP contribution is 2.23. The largest absolute Gasteiger partial charge is 0.0651 e. The van der Waals surface area contributed by atoms with Gasteiger partial charge in [-0.2, -0.15) is 0 Å². The summed E-state index contributed by atoms with van der Waals surface area (Å²) in [7, 11) is 0. The second kappa shape index (κ2) is 12.1. The van der Waals surface area contributed by atoms with Gasteiger partial charge in [-0.25, -0.2) is 0 Å². The number of hydrogen-bond acceptors (Lipinski definition) is 0. The van der Waals surface area contributed by atoms with Crippen LogP contribution >= 0.6 is 0 Å². The van der Waals surface area contributed by atoms with E-state index in [1.165, 1.54) is 64.2 Å². The van der Waals surface area contributed by atoms with E-state index in [1.807, 2.05) is 0 Å². The van der Waals surface area contributed by atoms with Crippen LogP contribution in [-0.2, 0) is 0 Å². The Labute approximate surface area is 117 Å². The van der Waals surface area contributed by atoms with E-state index in [1.54, 1.807) is 0 Å². The molecule has 0 radical (unpaired) electrons. The molecule has 0 rings (SSSR count). The average molecular weight is 255 g/mol. The van der Waals surface area contributed by atoms with Crippen LogP contribution in [0.4, 0.5) is 0 Å². The second-order valence-electron chi connectivity index (χ2n) is 6.76. The fraction of sp³-hybridized carbons (Fsp3) is 1.00. The third-order valence-corrected chi connectivity index (χ3v) is 4.37. The van der Waals surface area contributed by atoms with Crippen LogP contribution in [0, 0.1) is 17.8 Å². The highest BCUT2D eigenvalue weighted by atomic mass is 14.1. The maximum atomic E-state index is 2.46. The molecular weight excluding hydrogens is 216 g/mol. The smallest absolute Gasteiger partial charge is 0.0417 e. The molecule has 0 aliphatic rings. The van der Waals surface area contributed by atoms with Gasteiger partial charge in [0.1, 0.15) is 0 Å². The van der Waals surface area contributed by atoms with Gasteiger partial charge in [0.05, 0.1) is 0 Å². The number of rotatable bonds is 12. The molecule has 0 spiro atoms. The first-order valence-corrected chi connectivity index (χ1v) is 8.60. The van der Waals surface area contributed by atoms with Gasteiger partial charge in [0, 0.05) is 0 Å². The molecule has 0 aliphatic carbocycles. The van der Waals surface area contributed by atoms with E-state index in [9.17, 15) is 0 Å². The van der Waals surface area contributed by atoms with Gasteiger partial charge in [0.15, 0.2) is 0 Å². The van der Waals surface area contributed by atoms with Crippen molar-refractivity contribution in [3.8, 4) is 0 Å². The van der Waals surface area contributed by atoms with Crippen LogP contribution in [0.1, 0.15) is 98.8 Å². The SMILES string of the molecule is CCC(CC)CC(C)CCCCCCCC(C)C. The van der Waals surface area contributed by atoms with E-state index in [2.05, 4.69) is 34.6 Å². The zero-order chi connectivity index (χ0) is 13.8. The summed E-state index contributed by atoms with van der Waals surface area (Å²) in [5.41, 5.74) is 0. The van der Waals surface area contributed by atoms with Crippen molar-refractivity contribution in [2.75, 3.05) is 0 Å². The minimum absolute atomic E-state index is 0.894. The Kier molecular flexibility index (Phi) is 12.1. The normalized spacial score (nSPS) is 13.5. The van der Waals surface area contributed by atoms with Crippen molar-refractivity contribution in [3.05, 3.63) is 0 Å². The molecule has 110 valence electrons. The van der Waals surface area contributed by atoms with Crippen molar-refractivity contribution in [1.82, 2.24) is 0 Å². The molecule has 0 saturated carbocycles. The summed E-state index contributed by atoms with van der Waals surface area (Å²) in [6.07, 6.45) is 14.4. The highest BCUT2D eigenvalue weighted by molar-refractivity contribution is 4.61. The van der Waals surface area contributed by atoms with Crippen LogP contribution in [0.2, 0.25) is 0 Å². The summed E-state index contributed by atoms with van der Waals surface area (Å²) in [4.78, 5) is 0. The van der Waals surface area contributed by atoms with Crippen LogP contribution in [0.15, 0.2) is 0 Å². The van der Waals surface area contributed by atoms with E-state index in [0.29, 0.717) is 0 Å². The molecule has 1 atom stereocenters. The lowest BCUT2D eigenvalue weighted by Crippen LogP contribution is -2.04. The topological polar surface area (TPSA) is 0 Å². The van der Waals surface area contributed by atoms with Gasteiger partial charge < -0.3 is 0 Å². The summed E-state index contributed by atoms with van der Waals surface area (Å²) in [5.74, 6) is 2.82. The Balaban J connectivity index is 3.32. The molecule has 0 N–H and O–H groups in total. The van der Waals surface area contributed by atoms with Gasteiger partial charge in [0.2, 0.25) is 0 Å². The number of unbranched alkanes of at least 4 members (excludes halogenated alkanes) is 4. The van der Waals surface area contributed by atoms with Gasteiger partial charge in [-0.15, -0.1) is 0 Å². The lowest BCUT2D eigenvalue weighted by atomic mass is 9.88. The van der Waals surface area contributed by atoms with E-state index >= 15 is 0 Å². The van der Waals surface area contributed by atoms with E-state index < -0.39 is 0 Å². The summed E-state index contributed by atoms with van der Waals surface area (Å²) in [5, 5.41) is 0. The van der Waals surface area contributed by atoms with E-state index in [0.717, 1.165) is 17.8 Å². The fourth-order valence-electron chi connectivity index (χ4n) is 2.88. The second-order valence-corrected chi connectivity index (χ2v) is 6.76. The summed E-state index contributed by atoms with van der Waals surface area (Å²) in [6, 6.07) is 0. The molecule has 0 bridgehead atoms. The summed E-state index contributed by atoms with van der Waals surface area (Å²) < 4.78 is 0. The van der Waals surface area contributed by atoms with Crippen molar-refractivity contribution in [3.63, 3.8) is 0 Å². The van der Waals surface area contributed by atoms with Gasteiger partial charge in [0.25, 0.3) is 0 Å². The van der Waals surface area contributed by atoms with Gasteiger partial charge in [-0.05, 0) is 24.2 Å². The minimum Gasteiger partial charge on any atom is -0.0651 e. The molecule has 1 unspecified atom stereocenters. The first-order valence-electron chi connectivity index (χ1n) is 8.60. The van der Waals surface area contributed by atoms with Gasteiger partial charge in [-0.3, -0.25) is 0 Å². The molecule has 0 aromatic rings. The Morgan fingerprint density at radius 1 is 0.667 bits per heavy atom. The van der Waals surface area contributed by atoms with Crippen LogP contribution in [0.3, 0.4) is 0 Å². The van der Waals surface area contributed by atoms with Crippen molar-refractivity contribution in [2.45, 2.75) is 98.8 Å². The van der Waals surface area contributed by atoms with E-state index in [-0.39, 0.29) is 0 Å². The monoisotopic (exact) mass is 254 g/mol. The van der Waals surface area contributed by atoms with Crippen molar-refractivity contribution < 1.29 is 0 Å². The molecule has 18 heavy (non-hydrogen) atoms. The molecule has 0 aromatic heterocycles. The lowest BCUT2D eigenvalue weighted by Gasteiger charge is -2.18. The van der Waals surface area contributed by atoms with Crippen molar-refractivity contribution in [1.29, 1.82) is 0 Å². The third-order valence-electron chi connectivity index (χ3n) is 4.37. The van der Waals surface area contributed by atoms with Gasteiger partial charge >= 0.3 is 0 Å². The molecule has 0 amide bonds. The maximum Gasteiger partial charge on any atom is -0.0417 e. The molecule has 0 aromatic carbocycles. The van der Waals surface area contributed by atoms with Crippen LogP contribution in [-0.4, -0.2) is 0 Å². The molecular formula is C18H38. The van der Waals surface area contributed by atoms with Crippen LogP contribution < -0.4 is 0 Å². The quantitative estimate of drug-likeness (QED) is 0.335. The Morgan fingerprint density at radius 2 is 1.17 bits per heavy atom. The minimum atomic E-state index is 0.894. The average Bonchev–Trinajstić information content (AvgIpc) is 2.34. The summed E-state index contributed by atoms with van der Waals surface area (Å²) >= 11 is 0. The predicted octanol–water partition coefficient (Wildman–Crippen LogP) is 6.84. The predicted molar refractivity (Wildman–Crippen MR) is 85.0 cm³/mol. The van der Waals surface area contributed by atoms with Crippen molar-refractivity contribution in [2.24, 2.45) is 17.8 Å². The highest BCUT2D eigenvalue weighted by Gasteiger charge is 2.09. The number of hydrogen-bond donors (Lipinski definition) is 0. The van der Waals surface area contributed by atoms with E-state index in [4.69, 9.17) is 0 Å². The Bertz CT molecular complexity index is 155. The maximum absolute atomic E-state index is 2.46. The zero-order valence-corrected chi connectivity index (χ0v) is 13.8.